The van der Waals surface area contributed by atoms with Gasteiger partial charge in [0, 0.05) is 60.9 Å². The number of fused-ring (bicyclic) bond motifs is 7. The predicted octanol–water partition coefficient (Wildman–Crippen LogP) is 11.9. The summed E-state index contributed by atoms with van der Waals surface area (Å²) in [7, 11) is 0. The zero-order chi connectivity index (χ0) is 40.6. The van der Waals surface area contributed by atoms with E-state index in [-0.39, 0.29) is 40.6 Å². The van der Waals surface area contributed by atoms with Crippen LogP contribution in [0.4, 0.5) is 57.1 Å². The summed E-state index contributed by atoms with van der Waals surface area (Å²) in [4.78, 5) is 0. The lowest BCUT2D eigenvalue weighted by molar-refractivity contribution is -0.102. The van der Waals surface area contributed by atoms with E-state index in [1.165, 1.54) is 25.5 Å². The van der Waals surface area contributed by atoms with E-state index in [1.807, 2.05) is 0 Å². The van der Waals surface area contributed by atoms with Gasteiger partial charge in [0.05, 0.1) is 5.56 Å². The molecule has 2 fully saturated rings. The van der Waals surface area contributed by atoms with Crippen molar-refractivity contribution >= 4 is 0 Å². The Labute approximate surface area is 302 Å². The molecule has 0 radical (unpaired) electrons. The lowest BCUT2D eigenvalue weighted by Gasteiger charge is -2.30. The summed E-state index contributed by atoms with van der Waals surface area (Å²) in [5.74, 6) is -18.3. The summed E-state index contributed by atoms with van der Waals surface area (Å²) >= 11 is 0. The molecule has 0 saturated heterocycles. The van der Waals surface area contributed by atoms with Crippen molar-refractivity contribution in [2.75, 3.05) is 0 Å². The summed E-state index contributed by atoms with van der Waals surface area (Å²) in [5, 5.41) is 11.1. The van der Waals surface area contributed by atoms with Crippen molar-refractivity contribution in [2.24, 2.45) is 11.8 Å². The van der Waals surface area contributed by atoms with E-state index < -0.39 is 101 Å². The normalized spacial score (nSPS) is 26.4. The van der Waals surface area contributed by atoms with E-state index in [9.17, 15) is 57.1 Å². The van der Waals surface area contributed by atoms with E-state index in [1.54, 1.807) is 27.7 Å². The van der Waals surface area contributed by atoms with E-state index in [2.05, 4.69) is 15.3 Å². The molecule has 6 nitrogen and oxygen atoms in total. The molecule has 5 aliphatic rings. The van der Waals surface area contributed by atoms with Gasteiger partial charge < -0.3 is 0 Å². The number of nitrogens with zero attached hydrogens (tertiary/aromatic N) is 6. The van der Waals surface area contributed by atoms with Gasteiger partial charge >= 0.3 is 0 Å². The van der Waals surface area contributed by atoms with Crippen LogP contribution in [0.3, 0.4) is 0 Å². The quantitative estimate of drug-likeness (QED) is 0.234. The molecule has 5 aliphatic carbocycles. The minimum atomic E-state index is -3.70. The van der Waals surface area contributed by atoms with Crippen molar-refractivity contribution < 1.29 is 57.1 Å². The first-order valence-electron chi connectivity index (χ1n) is 17.8. The minimum absolute atomic E-state index is 0.0340. The van der Waals surface area contributed by atoms with Crippen LogP contribution < -0.4 is 0 Å². The Kier molecular flexibility index (Phi) is 9.43. The third-order valence-corrected chi connectivity index (χ3v) is 10.7. The molecule has 3 aromatic rings. The van der Waals surface area contributed by atoms with Crippen molar-refractivity contribution in [1.82, 2.24) is 29.3 Å². The maximum atomic E-state index is 14.1. The van der Waals surface area contributed by atoms with Gasteiger partial charge in [0.2, 0.25) is 0 Å². The average Bonchev–Trinajstić information content (AvgIpc) is 3.77. The highest BCUT2D eigenvalue weighted by molar-refractivity contribution is 5.48. The molecule has 0 aromatic carbocycles. The molecule has 8 rings (SSSR count). The second kappa shape index (κ2) is 12.6. The Hall–Kier alpha value is -3.28. The van der Waals surface area contributed by atoms with Crippen LogP contribution in [0.5, 0.6) is 0 Å². The van der Waals surface area contributed by atoms with Crippen LogP contribution in [-0.2, 0) is 29.6 Å². The summed E-state index contributed by atoms with van der Waals surface area (Å²) in [6.45, 7) is 11.8. The highest BCUT2D eigenvalue weighted by atomic mass is 19.3. The van der Waals surface area contributed by atoms with Gasteiger partial charge in [0.1, 0.15) is 40.3 Å². The van der Waals surface area contributed by atoms with Gasteiger partial charge in [-0.2, -0.15) is 50.4 Å². The predicted molar refractivity (Wildman–Crippen MR) is 168 cm³/mol. The molecule has 3 heterocycles. The molecule has 0 spiro atoms. The number of alkyl halides is 13. The molecule has 19 heteroatoms. The Bertz CT molecular complexity index is 1870. The van der Waals surface area contributed by atoms with Crippen LogP contribution in [0.2, 0.25) is 0 Å². The van der Waals surface area contributed by atoms with Gasteiger partial charge in [-0.05, 0) is 73.1 Å². The van der Waals surface area contributed by atoms with Gasteiger partial charge in [-0.15, -0.1) is 0 Å². The fraction of sp³-hybridized carbons (Fsp3) is 0.743. The van der Waals surface area contributed by atoms with Crippen molar-refractivity contribution in [1.29, 1.82) is 0 Å². The zero-order valence-electron chi connectivity index (χ0n) is 30.6. The van der Waals surface area contributed by atoms with Gasteiger partial charge in [-0.1, -0.05) is 0 Å². The highest BCUT2D eigenvalue weighted by Crippen LogP contribution is 2.69. The van der Waals surface area contributed by atoms with Crippen LogP contribution in [-0.4, -0.2) is 29.3 Å². The van der Waals surface area contributed by atoms with Gasteiger partial charge in [-0.3, -0.25) is 14.0 Å². The standard InChI is InChI=1S/C12H14F4N2.C12H15F3N2.C11H12F6N2/c1-5(2)18-10-8(9(17-18)11(3,13)14)6-4-7(6)12(10,15)16;1-5(2)17-11-9(10(16-17)6(3)13)7-4-8(7)12(11,14)15;1-5(2)19-8-6(7(18-19)9(12)13)10(14,15)3-4-11(8,16)17/h5-7H,4H2,1-3H3;5-8H,4H2,1-3H3;5,9H,3-4H2,1-2H3/t6-,7+;6?,7-,8+;/m00./s1. The van der Waals surface area contributed by atoms with Crippen molar-refractivity contribution in [3.63, 3.8) is 0 Å². The molecule has 2 saturated carbocycles. The van der Waals surface area contributed by atoms with Crippen molar-refractivity contribution in [3.8, 4) is 0 Å². The zero-order valence-corrected chi connectivity index (χ0v) is 30.6. The van der Waals surface area contributed by atoms with Crippen LogP contribution in [0, 0.1) is 11.8 Å². The van der Waals surface area contributed by atoms with E-state index >= 15 is 0 Å². The maximum absolute atomic E-state index is 14.1. The molecule has 302 valence electrons. The molecule has 3 aromatic heterocycles. The van der Waals surface area contributed by atoms with Crippen LogP contribution in [0.15, 0.2) is 0 Å². The maximum Gasteiger partial charge on any atom is 0.293 e. The first-order chi connectivity index (χ1) is 24.6. The first-order valence-corrected chi connectivity index (χ1v) is 17.8. The summed E-state index contributed by atoms with van der Waals surface area (Å²) in [5.41, 5.74) is -3.58. The fourth-order valence-corrected chi connectivity index (χ4v) is 8.09. The highest BCUT2D eigenvalue weighted by Gasteiger charge is 2.68. The van der Waals surface area contributed by atoms with Crippen LogP contribution >= 0.6 is 0 Å². The molecule has 0 bridgehead atoms. The number of hydrogen-bond acceptors (Lipinski definition) is 3. The van der Waals surface area contributed by atoms with Crippen molar-refractivity contribution in [2.45, 2.75) is 153 Å². The topological polar surface area (TPSA) is 53.5 Å². The van der Waals surface area contributed by atoms with Gasteiger partial charge in [-0.25, -0.2) is 22.0 Å². The Balaban J connectivity index is 0.000000138. The van der Waals surface area contributed by atoms with E-state index in [0.29, 0.717) is 30.0 Å². The third-order valence-electron chi connectivity index (χ3n) is 10.7. The number of halogens is 13. The summed E-state index contributed by atoms with van der Waals surface area (Å²) in [6.07, 6.45) is -6.05. The lowest BCUT2D eigenvalue weighted by atomic mass is 9.89. The second-order valence-electron chi connectivity index (χ2n) is 15.8. The summed E-state index contributed by atoms with van der Waals surface area (Å²) in [6, 6.07) is -1.22. The summed E-state index contributed by atoms with van der Waals surface area (Å²) < 4.78 is 180. The third kappa shape index (κ3) is 6.20. The van der Waals surface area contributed by atoms with Crippen LogP contribution in [0.1, 0.15) is 174 Å². The SMILES string of the molecule is CC(C)n1nc(C(C)(F)F)c2c1C(F)(F)[C@@H]1C[C@H]21.CC(C)n1nc(C(F)F)c2c1C(F)(F)CCC2(F)F.CC(F)c1nn(C(C)C)c2c1[C@H]1C[C@H]1C2(F)F. The van der Waals surface area contributed by atoms with Crippen molar-refractivity contribution in [3.05, 3.63) is 50.9 Å². The second-order valence-corrected chi connectivity index (χ2v) is 15.8. The lowest BCUT2D eigenvalue weighted by Crippen LogP contribution is -2.33. The average molecular weight is 793 g/mol. The molecule has 1 unspecified atom stereocenters. The molecule has 0 N–H and O–H groups in total. The molecule has 5 atom stereocenters. The Morgan fingerprint density at radius 3 is 1.44 bits per heavy atom. The Morgan fingerprint density at radius 1 is 0.593 bits per heavy atom. The number of hydrogen-bond donors (Lipinski definition) is 0. The van der Waals surface area contributed by atoms with Crippen LogP contribution in [0.25, 0.3) is 0 Å². The molecule has 0 amide bonds. The fourth-order valence-electron chi connectivity index (χ4n) is 8.09. The first kappa shape index (κ1) is 40.4. The smallest absolute Gasteiger partial charge is 0.260 e. The number of aromatic nitrogens is 6. The molecule has 54 heavy (non-hydrogen) atoms. The molecule has 0 aliphatic heterocycles. The molecular weight excluding hydrogens is 751 g/mol. The molecular formula is C35H41F13N6. The largest absolute Gasteiger partial charge is 0.293 e. The monoisotopic (exact) mass is 792 g/mol. The van der Waals surface area contributed by atoms with Gasteiger partial charge in [0.15, 0.2) is 0 Å². The van der Waals surface area contributed by atoms with Gasteiger partial charge in [0.25, 0.3) is 36.0 Å². The number of rotatable bonds is 6. The Morgan fingerprint density at radius 2 is 1.00 bits per heavy atom. The van der Waals surface area contributed by atoms with E-state index in [0.717, 1.165) is 4.68 Å². The minimum Gasteiger partial charge on any atom is -0.260 e. The van der Waals surface area contributed by atoms with E-state index in [4.69, 9.17) is 0 Å².